The zero-order chi connectivity index (χ0) is 13.8. The molecule has 2 heterocycles. The second-order valence-corrected chi connectivity index (χ2v) is 5.45. The molecule has 0 spiro atoms. The molecule has 1 aromatic heterocycles. The maximum absolute atomic E-state index is 5.43. The van der Waals surface area contributed by atoms with E-state index < -0.39 is 0 Å². The summed E-state index contributed by atoms with van der Waals surface area (Å²) in [5, 5.41) is 0. The van der Waals surface area contributed by atoms with Crippen molar-refractivity contribution in [3.63, 3.8) is 0 Å². The Kier molecular flexibility index (Phi) is 4.33. The van der Waals surface area contributed by atoms with Gasteiger partial charge in [0.1, 0.15) is 5.82 Å². The van der Waals surface area contributed by atoms with Crippen LogP contribution in [0, 0.1) is 0 Å². The van der Waals surface area contributed by atoms with Gasteiger partial charge in [0.25, 0.3) is 0 Å². The summed E-state index contributed by atoms with van der Waals surface area (Å²) in [6, 6.07) is 8.28. The molecule has 1 aliphatic heterocycles. The van der Waals surface area contributed by atoms with Crippen molar-refractivity contribution >= 4 is 11.0 Å². The first kappa shape index (κ1) is 13.6. The fraction of sp³-hybridized carbons (Fsp3) is 0.562. The number of imidazole rings is 1. The molecule has 0 bridgehead atoms. The van der Waals surface area contributed by atoms with E-state index in [1.165, 1.54) is 12.8 Å². The van der Waals surface area contributed by atoms with Crippen molar-refractivity contribution in [2.24, 2.45) is 0 Å². The maximum Gasteiger partial charge on any atom is 0.110 e. The molecule has 1 aromatic carbocycles. The number of hydrogen-bond acceptors (Lipinski definition) is 3. The highest BCUT2D eigenvalue weighted by Crippen LogP contribution is 2.27. The van der Waals surface area contributed by atoms with Crippen LogP contribution < -0.4 is 0 Å². The Hall–Kier alpha value is -1.39. The van der Waals surface area contributed by atoms with Gasteiger partial charge in [-0.25, -0.2) is 4.98 Å². The smallest absolute Gasteiger partial charge is 0.110 e. The Bertz CT molecular complexity index is 510. The number of ether oxygens (including phenoxy) is 1. The quantitative estimate of drug-likeness (QED) is 0.852. The van der Waals surface area contributed by atoms with Gasteiger partial charge in [-0.1, -0.05) is 12.1 Å². The highest BCUT2D eigenvalue weighted by atomic mass is 16.5. The summed E-state index contributed by atoms with van der Waals surface area (Å²) in [5.74, 6) is 1.74. The minimum atomic E-state index is 0.575. The first-order valence-electron chi connectivity index (χ1n) is 7.61. The maximum atomic E-state index is 5.43. The second kappa shape index (κ2) is 6.37. The third-order valence-corrected chi connectivity index (χ3v) is 4.14. The molecule has 20 heavy (non-hydrogen) atoms. The van der Waals surface area contributed by atoms with E-state index in [0.29, 0.717) is 5.92 Å². The number of rotatable bonds is 5. The van der Waals surface area contributed by atoms with Crippen molar-refractivity contribution in [1.29, 1.82) is 0 Å². The molecular weight excluding hydrogens is 250 g/mol. The fourth-order valence-corrected chi connectivity index (χ4v) is 2.93. The predicted octanol–water partition coefficient (Wildman–Crippen LogP) is 2.78. The number of aromatic amines is 1. The van der Waals surface area contributed by atoms with Gasteiger partial charge in [0.05, 0.1) is 17.6 Å². The Morgan fingerprint density at radius 3 is 2.85 bits per heavy atom. The molecule has 0 unspecified atom stereocenters. The average Bonchev–Trinajstić information content (AvgIpc) is 2.92. The molecule has 4 heteroatoms. The molecule has 108 valence electrons. The van der Waals surface area contributed by atoms with E-state index in [1.54, 1.807) is 0 Å². The fourth-order valence-electron chi connectivity index (χ4n) is 2.93. The second-order valence-electron chi connectivity index (χ2n) is 5.45. The lowest BCUT2D eigenvalue weighted by atomic mass is 9.96. The number of H-pyrrole nitrogens is 1. The SMILES string of the molecule is CCOCCN1CCC(c2nc3ccccc3[nH]2)CC1. The summed E-state index contributed by atoms with van der Waals surface area (Å²) < 4.78 is 5.43. The normalized spacial score (nSPS) is 17.9. The lowest BCUT2D eigenvalue weighted by molar-refractivity contribution is 0.102. The third kappa shape index (κ3) is 3.02. The van der Waals surface area contributed by atoms with E-state index in [2.05, 4.69) is 28.1 Å². The molecular formula is C16H23N3O. The van der Waals surface area contributed by atoms with Gasteiger partial charge in [0.2, 0.25) is 0 Å². The largest absolute Gasteiger partial charge is 0.380 e. The lowest BCUT2D eigenvalue weighted by Gasteiger charge is -2.30. The van der Waals surface area contributed by atoms with Crippen molar-refractivity contribution < 1.29 is 4.74 Å². The summed E-state index contributed by atoms with van der Waals surface area (Å²) in [6.07, 6.45) is 2.37. The molecule has 0 amide bonds. The van der Waals surface area contributed by atoms with Crippen LogP contribution in [0.1, 0.15) is 31.5 Å². The predicted molar refractivity (Wildman–Crippen MR) is 81.0 cm³/mol. The molecule has 0 aliphatic carbocycles. The first-order valence-corrected chi connectivity index (χ1v) is 7.61. The van der Waals surface area contributed by atoms with E-state index >= 15 is 0 Å². The van der Waals surface area contributed by atoms with Crippen molar-refractivity contribution in [3.8, 4) is 0 Å². The van der Waals surface area contributed by atoms with E-state index in [9.17, 15) is 0 Å². The van der Waals surface area contributed by atoms with E-state index in [-0.39, 0.29) is 0 Å². The molecule has 0 saturated carbocycles. The monoisotopic (exact) mass is 273 g/mol. The van der Waals surface area contributed by atoms with Crippen molar-refractivity contribution in [2.75, 3.05) is 32.8 Å². The third-order valence-electron chi connectivity index (χ3n) is 4.14. The Morgan fingerprint density at radius 1 is 1.30 bits per heavy atom. The molecule has 1 N–H and O–H groups in total. The number of likely N-dealkylation sites (tertiary alicyclic amines) is 1. The molecule has 0 atom stereocenters. The van der Waals surface area contributed by atoms with Crippen molar-refractivity contribution in [3.05, 3.63) is 30.1 Å². The molecule has 1 fully saturated rings. The van der Waals surface area contributed by atoms with Crippen LogP contribution in [-0.2, 0) is 4.74 Å². The molecule has 1 saturated heterocycles. The Balaban J connectivity index is 1.57. The average molecular weight is 273 g/mol. The number of fused-ring (bicyclic) bond motifs is 1. The molecule has 3 rings (SSSR count). The van der Waals surface area contributed by atoms with Gasteiger partial charge >= 0.3 is 0 Å². The van der Waals surface area contributed by atoms with Crippen LogP contribution in [0.3, 0.4) is 0 Å². The number of benzene rings is 1. The van der Waals surface area contributed by atoms with E-state index in [4.69, 9.17) is 9.72 Å². The summed E-state index contributed by atoms with van der Waals surface area (Å²) in [7, 11) is 0. The van der Waals surface area contributed by atoms with Crippen molar-refractivity contribution in [1.82, 2.24) is 14.9 Å². The zero-order valence-electron chi connectivity index (χ0n) is 12.1. The number of aromatic nitrogens is 2. The highest BCUT2D eigenvalue weighted by molar-refractivity contribution is 5.74. The van der Waals surface area contributed by atoms with Gasteiger partial charge in [-0.3, -0.25) is 0 Å². The number of piperidine rings is 1. The Morgan fingerprint density at radius 2 is 2.10 bits per heavy atom. The van der Waals surface area contributed by atoms with Crippen LogP contribution in [-0.4, -0.2) is 47.7 Å². The number of hydrogen-bond donors (Lipinski definition) is 1. The van der Waals surface area contributed by atoms with Crippen LogP contribution in [0.2, 0.25) is 0 Å². The van der Waals surface area contributed by atoms with Gasteiger partial charge in [0, 0.05) is 19.1 Å². The number of nitrogens with one attached hydrogen (secondary N) is 1. The zero-order valence-corrected chi connectivity index (χ0v) is 12.1. The van der Waals surface area contributed by atoms with E-state index in [1.807, 2.05) is 13.0 Å². The minimum absolute atomic E-state index is 0.575. The van der Waals surface area contributed by atoms with Gasteiger partial charge in [-0.2, -0.15) is 0 Å². The van der Waals surface area contributed by atoms with Gasteiger partial charge < -0.3 is 14.6 Å². The number of nitrogens with zero attached hydrogens (tertiary/aromatic N) is 2. The van der Waals surface area contributed by atoms with Crippen LogP contribution in [0.25, 0.3) is 11.0 Å². The Labute approximate surface area is 120 Å². The van der Waals surface area contributed by atoms with Crippen LogP contribution in [0.15, 0.2) is 24.3 Å². The molecule has 0 radical (unpaired) electrons. The van der Waals surface area contributed by atoms with Gasteiger partial charge in [0.15, 0.2) is 0 Å². The summed E-state index contributed by atoms with van der Waals surface area (Å²) in [5.41, 5.74) is 2.24. The van der Waals surface area contributed by atoms with Gasteiger partial charge in [-0.05, 0) is 45.0 Å². The molecule has 1 aliphatic rings. The summed E-state index contributed by atoms with van der Waals surface area (Å²) in [6.45, 7) is 7.07. The molecule has 4 nitrogen and oxygen atoms in total. The number of para-hydroxylation sites is 2. The summed E-state index contributed by atoms with van der Waals surface area (Å²) in [4.78, 5) is 10.7. The first-order chi connectivity index (χ1) is 9.86. The molecule has 2 aromatic rings. The highest BCUT2D eigenvalue weighted by Gasteiger charge is 2.22. The lowest BCUT2D eigenvalue weighted by Crippen LogP contribution is -2.35. The minimum Gasteiger partial charge on any atom is -0.380 e. The van der Waals surface area contributed by atoms with Crippen LogP contribution in [0.4, 0.5) is 0 Å². The van der Waals surface area contributed by atoms with Crippen LogP contribution in [0.5, 0.6) is 0 Å². The van der Waals surface area contributed by atoms with Gasteiger partial charge in [-0.15, -0.1) is 0 Å². The van der Waals surface area contributed by atoms with Crippen molar-refractivity contribution in [2.45, 2.75) is 25.7 Å². The standard InChI is InChI=1S/C16H23N3O/c1-2-20-12-11-19-9-7-13(8-10-19)16-17-14-5-3-4-6-15(14)18-16/h3-6,13H,2,7-12H2,1H3,(H,17,18). The van der Waals surface area contributed by atoms with Crippen LogP contribution >= 0.6 is 0 Å². The summed E-state index contributed by atoms with van der Waals surface area (Å²) >= 11 is 0. The van der Waals surface area contributed by atoms with E-state index in [0.717, 1.165) is 49.7 Å². The topological polar surface area (TPSA) is 41.1 Å².